The lowest BCUT2D eigenvalue weighted by Crippen LogP contribution is -2.38. The van der Waals surface area contributed by atoms with E-state index in [0.29, 0.717) is 25.1 Å². The van der Waals surface area contributed by atoms with Crippen molar-refractivity contribution in [3.05, 3.63) is 22.1 Å². The Labute approximate surface area is 135 Å². The second kappa shape index (κ2) is 6.08. The minimum Gasteiger partial charge on any atom is -0.368 e. The van der Waals surface area contributed by atoms with E-state index in [4.69, 9.17) is 5.73 Å². The van der Waals surface area contributed by atoms with E-state index in [0.717, 1.165) is 4.52 Å². The quantitative estimate of drug-likeness (QED) is 0.881. The van der Waals surface area contributed by atoms with Gasteiger partial charge in [0.2, 0.25) is 5.95 Å². The Balaban J connectivity index is 1.67. The molecule has 24 heavy (non-hydrogen) atoms. The summed E-state index contributed by atoms with van der Waals surface area (Å²) in [6.45, 7) is 0.375. The van der Waals surface area contributed by atoms with Crippen LogP contribution in [-0.4, -0.2) is 43.7 Å². The number of hydrogen-bond acceptors (Lipinski definition) is 5. The first-order valence-electron chi connectivity index (χ1n) is 7.75. The molecule has 1 saturated carbocycles. The first-order valence-corrected chi connectivity index (χ1v) is 7.75. The molecule has 0 saturated heterocycles. The van der Waals surface area contributed by atoms with E-state index in [2.05, 4.69) is 15.1 Å². The van der Waals surface area contributed by atoms with Crippen LogP contribution < -0.4 is 11.3 Å². The standard InChI is InChI=1S/C14H19F3N6O/c1-22(10-4-2-8(3-5-10)14(15,16)17)7-9-6-11(24)23-13(19-9)20-12(18)21-23/h6,8,10H,2-5,7H2,1H3,(H3,18,19,20,21). The van der Waals surface area contributed by atoms with Crippen molar-refractivity contribution in [3.8, 4) is 0 Å². The van der Waals surface area contributed by atoms with Crippen molar-refractivity contribution in [1.29, 1.82) is 0 Å². The predicted molar refractivity (Wildman–Crippen MR) is 81.3 cm³/mol. The second-order valence-corrected chi connectivity index (χ2v) is 6.29. The highest BCUT2D eigenvalue weighted by Crippen LogP contribution is 2.38. The highest BCUT2D eigenvalue weighted by Gasteiger charge is 2.41. The van der Waals surface area contributed by atoms with Gasteiger partial charge in [-0.25, -0.2) is 4.98 Å². The second-order valence-electron chi connectivity index (χ2n) is 6.29. The largest absolute Gasteiger partial charge is 0.391 e. The molecule has 2 aromatic heterocycles. The van der Waals surface area contributed by atoms with Gasteiger partial charge in [-0.3, -0.25) is 14.8 Å². The summed E-state index contributed by atoms with van der Waals surface area (Å²) in [7, 11) is 1.83. The molecule has 0 unspecified atom stereocenters. The van der Waals surface area contributed by atoms with Crippen molar-refractivity contribution in [2.75, 3.05) is 12.8 Å². The summed E-state index contributed by atoms with van der Waals surface area (Å²) in [6, 6.07) is 1.43. The molecule has 0 aliphatic heterocycles. The van der Waals surface area contributed by atoms with Gasteiger partial charge in [0.05, 0.1) is 11.6 Å². The van der Waals surface area contributed by atoms with Crippen LogP contribution in [0.1, 0.15) is 31.4 Å². The Bertz CT molecular complexity index is 775. The number of nitrogen functional groups attached to an aromatic ring is 1. The molecule has 0 radical (unpaired) electrons. The number of aromatic amines is 1. The van der Waals surface area contributed by atoms with E-state index in [9.17, 15) is 18.0 Å². The molecule has 1 fully saturated rings. The Morgan fingerprint density at radius 3 is 2.62 bits per heavy atom. The molecule has 0 amide bonds. The summed E-state index contributed by atoms with van der Waals surface area (Å²) in [5.41, 5.74) is 5.70. The minimum absolute atomic E-state index is 0.0492. The lowest BCUT2D eigenvalue weighted by atomic mass is 9.85. The zero-order valence-electron chi connectivity index (χ0n) is 13.2. The Morgan fingerprint density at radius 2 is 2.00 bits per heavy atom. The molecule has 132 valence electrons. The van der Waals surface area contributed by atoms with Gasteiger partial charge >= 0.3 is 6.18 Å². The number of nitrogens with two attached hydrogens (primary N) is 1. The zero-order valence-corrected chi connectivity index (χ0v) is 13.2. The van der Waals surface area contributed by atoms with Crippen LogP contribution in [0.15, 0.2) is 10.9 Å². The topological polar surface area (TPSA) is 92.3 Å². The number of nitrogens with one attached hydrogen (secondary N) is 1. The number of anilines is 1. The predicted octanol–water partition coefficient (Wildman–Crippen LogP) is 1.55. The van der Waals surface area contributed by atoms with Crippen molar-refractivity contribution < 1.29 is 13.2 Å². The molecule has 1 aliphatic rings. The van der Waals surface area contributed by atoms with Crippen molar-refractivity contribution >= 4 is 11.7 Å². The highest BCUT2D eigenvalue weighted by molar-refractivity contribution is 5.34. The summed E-state index contributed by atoms with van der Waals surface area (Å²) >= 11 is 0. The van der Waals surface area contributed by atoms with Gasteiger partial charge in [0.25, 0.3) is 11.3 Å². The fourth-order valence-corrected chi connectivity index (χ4v) is 3.25. The van der Waals surface area contributed by atoms with Gasteiger partial charge in [-0.05, 0) is 32.7 Å². The smallest absolute Gasteiger partial charge is 0.368 e. The van der Waals surface area contributed by atoms with Crippen LogP contribution in [0.5, 0.6) is 0 Å². The van der Waals surface area contributed by atoms with Crippen LogP contribution in [0.3, 0.4) is 0 Å². The van der Waals surface area contributed by atoms with Crippen molar-refractivity contribution in [2.24, 2.45) is 5.92 Å². The van der Waals surface area contributed by atoms with E-state index < -0.39 is 12.1 Å². The zero-order chi connectivity index (χ0) is 17.5. The maximum atomic E-state index is 12.7. The van der Waals surface area contributed by atoms with Gasteiger partial charge in [0.15, 0.2) is 0 Å². The summed E-state index contributed by atoms with van der Waals surface area (Å²) in [5, 5.41) is 2.58. The van der Waals surface area contributed by atoms with Gasteiger partial charge in [0.1, 0.15) is 0 Å². The number of rotatable bonds is 3. The van der Waals surface area contributed by atoms with Crippen LogP contribution in [0.4, 0.5) is 19.1 Å². The molecule has 2 heterocycles. The number of aromatic nitrogens is 4. The maximum absolute atomic E-state index is 12.7. The van der Waals surface area contributed by atoms with E-state index >= 15 is 0 Å². The summed E-state index contributed by atoms with van der Waals surface area (Å²) in [6.07, 6.45) is -2.85. The van der Waals surface area contributed by atoms with Gasteiger partial charge in [0, 0.05) is 18.7 Å². The minimum atomic E-state index is -4.11. The van der Waals surface area contributed by atoms with Crippen molar-refractivity contribution in [1.82, 2.24) is 24.5 Å². The molecule has 3 rings (SSSR count). The highest BCUT2D eigenvalue weighted by atomic mass is 19.4. The third-order valence-electron chi connectivity index (χ3n) is 4.60. The first-order chi connectivity index (χ1) is 11.2. The molecular formula is C14H19F3N6O. The van der Waals surface area contributed by atoms with Gasteiger partial charge in [-0.2, -0.15) is 22.7 Å². The molecule has 1 aliphatic carbocycles. The summed E-state index contributed by atoms with van der Waals surface area (Å²) < 4.78 is 39.3. The third-order valence-corrected chi connectivity index (χ3v) is 4.60. The molecule has 3 N–H and O–H groups in total. The van der Waals surface area contributed by atoms with Crippen molar-refractivity contribution in [3.63, 3.8) is 0 Å². The van der Waals surface area contributed by atoms with Gasteiger partial charge < -0.3 is 5.73 Å². The normalized spacial score (nSPS) is 22.4. The Morgan fingerprint density at radius 1 is 1.33 bits per heavy atom. The molecule has 0 spiro atoms. The Kier molecular flexibility index (Phi) is 4.24. The molecule has 10 heteroatoms. The monoisotopic (exact) mass is 344 g/mol. The molecule has 2 aromatic rings. The van der Waals surface area contributed by atoms with Crippen LogP contribution in [0.25, 0.3) is 5.78 Å². The van der Waals surface area contributed by atoms with Crippen molar-refractivity contribution in [2.45, 2.75) is 44.4 Å². The number of H-pyrrole nitrogens is 1. The molecule has 0 aromatic carbocycles. The average Bonchev–Trinajstić information content (AvgIpc) is 2.87. The molecular weight excluding hydrogens is 325 g/mol. The van der Waals surface area contributed by atoms with Crippen LogP contribution in [-0.2, 0) is 6.54 Å². The fraction of sp³-hybridized carbons (Fsp3) is 0.643. The number of fused-ring (bicyclic) bond motifs is 1. The molecule has 0 atom stereocenters. The van der Waals surface area contributed by atoms with Gasteiger partial charge in [-0.1, -0.05) is 0 Å². The number of nitrogens with zero attached hydrogens (tertiary/aromatic N) is 4. The average molecular weight is 344 g/mol. The fourth-order valence-electron chi connectivity index (χ4n) is 3.25. The van der Waals surface area contributed by atoms with E-state index in [1.807, 2.05) is 11.9 Å². The Hall–Kier alpha value is -2.10. The van der Waals surface area contributed by atoms with E-state index in [-0.39, 0.29) is 36.2 Å². The summed E-state index contributed by atoms with van der Waals surface area (Å²) in [5.74, 6) is -0.923. The molecule has 7 nitrogen and oxygen atoms in total. The third kappa shape index (κ3) is 3.37. The number of alkyl halides is 3. The number of halogens is 3. The first kappa shape index (κ1) is 16.7. The van der Waals surface area contributed by atoms with Crippen LogP contribution in [0.2, 0.25) is 0 Å². The SMILES string of the molecule is CN(Cc1cc(=O)n2[nH]c(N)nc2n1)C1CCC(C(F)(F)F)CC1. The van der Waals surface area contributed by atoms with Gasteiger partial charge in [-0.15, -0.1) is 0 Å². The number of hydrogen-bond donors (Lipinski definition) is 2. The van der Waals surface area contributed by atoms with Crippen LogP contribution >= 0.6 is 0 Å². The van der Waals surface area contributed by atoms with E-state index in [1.165, 1.54) is 6.07 Å². The van der Waals surface area contributed by atoms with E-state index in [1.54, 1.807) is 0 Å². The summed E-state index contributed by atoms with van der Waals surface area (Å²) in [4.78, 5) is 22.1. The maximum Gasteiger partial charge on any atom is 0.391 e. The lowest BCUT2D eigenvalue weighted by molar-refractivity contribution is -0.184. The molecule has 0 bridgehead atoms. The van der Waals surface area contributed by atoms with Crippen LogP contribution in [0, 0.1) is 5.92 Å². The lowest BCUT2D eigenvalue weighted by Gasteiger charge is -2.35.